The maximum Gasteiger partial charge on any atom is 0.269 e. The van der Waals surface area contributed by atoms with Crippen molar-refractivity contribution in [2.45, 2.75) is 0 Å². The van der Waals surface area contributed by atoms with Crippen LogP contribution in [0, 0.1) is 10.1 Å². The molecule has 0 amide bonds. The van der Waals surface area contributed by atoms with E-state index in [4.69, 9.17) is 0 Å². The van der Waals surface area contributed by atoms with Gasteiger partial charge in [-0.1, -0.05) is 12.1 Å². The maximum atomic E-state index is 10.6. The number of rotatable bonds is 3. The third-order valence-electron chi connectivity index (χ3n) is 3.15. The number of nitrogens with zero attached hydrogens (tertiary/aromatic N) is 2. The number of aromatic amines is 1. The van der Waals surface area contributed by atoms with Crippen molar-refractivity contribution in [1.29, 1.82) is 0 Å². The molecule has 0 radical (unpaired) electrons. The van der Waals surface area contributed by atoms with Crippen LogP contribution >= 0.6 is 0 Å². The molecule has 3 aromatic rings. The molecule has 0 aliphatic heterocycles. The second-order valence-corrected chi connectivity index (χ2v) is 4.49. The SMILES string of the molecule is O=[N+]([O-])c1ccc(-c2cc(-c3ccccc3O)[nH]n2)cc1. The van der Waals surface area contributed by atoms with Gasteiger partial charge in [-0.3, -0.25) is 15.2 Å². The van der Waals surface area contributed by atoms with E-state index in [9.17, 15) is 15.2 Å². The average molecular weight is 281 g/mol. The molecule has 6 heteroatoms. The second kappa shape index (κ2) is 5.09. The summed E-state index contributed by atoms with van der Waals surface area (Å²) < 4.78 is 0. The van der Waals surface area contributed by atoms with E-state index < -0.39 is 4.92 Å². The van der Waals surface area contributed by atoms with Gasteiger partial charge in [-0.25, -0.2) is 0 Å². The molecule has 0 fully saturated rings. The third kappa shape index (κ3) is 2.46. The number of H-pyrrole nitrogens is 1. The molecule has 0 aliphatic carbocycles. The number of nitro groups is 1. The number of phenolic OH excluding ortho intramolecular Hbond substituents is 1. The predicted molar refractivity (Wildman–Crippen MR) is 77.8 cm³/mol. The molecule has 104 valence electrons. The van der Waals surface area contributed by atoms with Gasteiger partial charge in [-0.15, -0.1) is 0 Å². The van der Waals surface area contributed by atoms with Gasteiger partial charge >= 0.3 is 0 Å². The standard InChI is InChI=1S/C15H11N3O3/c19-15-4-2-1-3-12(15)14-9-13(16-17-14)10-5-7-11(8-6-10)18(20)21/h1-9,19H,(H,16,17). The molecule has 3 rings (SSSR count). The summed E-state index contributed by atoms with van der Waals surface area (Å²) in [6.45, 7) is 0. The van der Waals surface area contributed by atoms with Crippen LogP contribution in [0.15, 0.2) is 54.6 Å². The van der Waals surface area contributed by atoms with Crippen molar-refractivity contribution in [3.8, 4) is 28.3 Å². The lowest BCUT2D eigenvalue weighted by Gasteiger charge is -1.99. The van der Waals surface area contributed by atoms with Gasteiger partial charge in [0, 0.05) is 23.3 Å². The number of nitro benzene ring substituents is 1. The Balaban J connectivity index is 1.95. The highest BCUT2D eigenvalue weighted by atomic mass is 16.6. The number of aromatic hydroxyl groups is 1. The minimum atomic E-state index is -0.443. The zero-order chi connectivity index (χ0) is 14.8. The van der Waals surface area contributed by atoms with Crippen LogP contribution in [-0.4, -0.2) is 20.2 Å². The van der Waals surface area contributed by atoms with E-state index in [2.05, 4.69) is 10.2 Å². The fourth-order valence-electron chi connectivity index (χ4n) is 2.06. The molecule has 1 aromatic heterocycles. The van der Waals surface area contributed by atoms with Crippen LogP contribution in [0.1, 0.15) is 0 Å². The Hall–Kier alpha value is -3.15. The van der Waals surface area contributed by atoms with E-state index >= 15 is 0 Å². The van der Waals surface area contributed by atoms with Crippen molar-refractivity contribution in [1.82, 2.24) is 10.2 Å². The fraction of sp³-hybridized carbons (Fsp3) is 0. The Morgan fingerprint density at radius 1 is 1.10 bits per heavy atom. The Morgan fingerprint density at radius 2 is 1.81 bits per heavy atom. The van der Waals surface area contributed by atoms with Crippen molar-refractivity contribution >= 4 is 5.69 Å². The van der Waals surface area contributed by atoms with Crippen LogP contribution in [0.3, 0.4) is 0 Å². The summed E-state index contributed by atoms with van der Waals surface area (Å²) in [4.78, 5) is 10.2. The predicted octanol–water partition coefficient (Wildman–Crippen LogP) is 3.36. The smallest absolute Gasteiger partial charge is 0.269 e. The van der Waals surface area contributed by atoms with Gasteiger partial charge in [-0.05, 0) is 30.3 Å². The fourth-order valence-corrected chi connectivity index (χ4v) is 2.06. The number of benzene rings is 2. The number of hydrogen-bond donors (Lipinski definition) is 2. The first-order valence-electron chi connectivity index (χ1n) is 6.24. The Bertz CT molecular complexity index is 794. The van der Waals surface area contributed by atoms with Crippen LogP contribution < -0.4 is 0 Å². The molecule has 6 nitrogen and oxygen atoms in total. The highest BCUT2D eigenvalue weighted by Crippen LogP contribution is 2.30. The largest absolute Gasteiger partial charge is 0.507 e. The van der Waals surface area contributed by atoms with Crippen molar-refractivity contribution in [2.75, 3.05) is 0 Å². The molecule has 1 heterocycles. The summed E-state index contributed by atoms with van der Waals surface area (Å²) in [5.74, 6) is 0.163. The van der Waals surface area contributed by atoms with Gasteiger partial charge in [0.1, 0.15) is 5.75 Å². The Labute approximate surface area is 119 Å². The van der Waals surface area contributed by atoms with Crippen molar-refractivity contribution in [3.63, 3.8) is 0 Å². The number of para-hydroxylation sites is 1. The summed E-state index contributed by atoms with van der Waals surface area (Å²) in [7, 11) is 0. The molecular formula is C15H11N3O3. The minimum Gasteiger partial charge on any atom is -0.507 e. The molecule has 0 bridgehead atoms. The molecule has 2 N–H and O–H groups in total. The van der Waals surface area contributed by atoms with Gasteiger partial charge in [-0.2, -0.15) is 5.10 Å². The molecule has 2 aromatic carbocycles. The van der Waals surface area contributed by atoms with Gasteiger partial charge in [0.2, 0.25) is 0 Å². The van der Waals surface area contributed by atoms with Crippen LogP contribution in [0.5, 0.6) is 5.75 Å². The first-order chi connectivity index (χ1) is 10.1. The first kappa shape index (κ1) is 12.9. The van der Waals surface area contributed by atoms with Crippen molar-refractivity contribution in [3.05, 3.63) is 64.7 Å². The summed E-state index contributed by atoms with van der Waals surface area (Å²) in [5, 5.41) is 27.5. The Morgan fingerprint density at radius 3 is 2.48 bits per heavy atom. The Kier molecular flexibility index (Phi) is 3.12. The number of hydrogen-bond acceptors (Lipinski definition) is 4. The minimum absolute atomic E-state index is 0.0372. The van der Waals surface area contributed by atoms with Gasteiger partial charge in [0.05, 0.1) is 16.3 Å². The van der Waals surface area contributed by atoms with E-state index in [-0.39, 0.29) is 11.4 Å². The summed E-state index contributed by atoms with van der Waals surface area (Å²) in [6.07, 6.45) is 0. The van der Waals surface area contributed by atoms with Gasteiger partial charge in [0.15, 0.2) is 0 Å². The molecule has 21 heavy (non-hydrogen) atoms. The monoisotopic (exact) mass is 281 g/mol. The van der Waals surface area contributed by atoms with E-state index in [0.29, 0.717) is 17.0 Å². The second-order valence-electron chi connectivity index (χ2n) is 4.49. The topological polar surface area (TPSA) is 92.0 Å². The van der Waals surface area contributed by atoms with Gasteiger partial charge < -0.3 is 5.11 Å². The molecule has 0 saturated carbocycles. The maximum absolute atomic E-state index is 10.6. The number of phenols is 1. The van der Waals surface area contributed by atoms with Crippen LogP contribution in [0.25, 0.3) is 22.5 Å². The normalized spacial score (nSPS) is 10.5. The zero-order valence-corrected chi connectivity index (χ0v) is 10.9. The zero-order valence-electron chi connectivity index (χ0n) is 10.9. The molecular weight excluding hydrogens is 270 g/mol. The first-order valence-corrected chi connectivity index (χ1v) is 6.24. The highest BCUT2D eigenvalue weighted by molar-refractivity contribution is 5.72. The quantitative estimate of drug-likeness (QED) is 0.568. The average Bonchev–Trinajstić information content (AvgIpc) is 2.97. The molecule has 0 aliphatic rings. The molecule has 0 saturated heterocycles. The lowest BCUT2D eigenvalue weighted by Crippen LogP contribution is -1.87. The van der Waals surface area contributed by atoms with E-state index in [1.165, 1.54) is 12.1 Å². The lowest BCUT2D eigenvalue weighted by molar-refractivity contribution is -0.384. The van der Waals surface area contributed by atoms with Crippen LogP contribution in [-0.2, 0) is 0 Å². The summed E-state index contributed by atoms with van der Waals surface area (Å²) in [6, 6.07) is 14.9. The highest BCUT2D eigenvalue weighted by Gasteiger charge is 2.10. The lowest BCUT2D eigenvalue weighted by atomic mass is 10.1. The number of nitrogens with one attached hydrogen (secondary N) is 1. The number of non-ortho nitro benzene ring substituents is 1. The van der Waals surface area contributed by atoms with Crippen LogP contribution in [0.2, 0.25) is 0 Å². The summed E-state index contributed by atoms with van der Waals surface area (Å²) >= 11 is 0. The molecule has 0 atom stereocenters. The van der Waals surface area contributed by atoms with E-state index in [0.717, 1.165) is 5.56 Å². The summed E-state index contributed by atoms with van der Waals surface area (Å²) in [5.41, 5.74) is 2.79. The third-order valence-corrected chi connectivity index (χ3v) is 3.15. The molecule has 0 spiro atoms. The van der Waals surface area contributed by atoms with Crippen molar-refractivity contribution in [2.24, 2.45) is 0 Å². The van der Waals surface area contributed by atoms with E-state index in [1.54, 1.807) is 36.4 Å². The van der Waals surface area contributed by atoms with Gasteiger partial charge in [0.25, 0.3) is 5.69 Å². The van der Waals surface area contributed by atoms with Crippen LogP contribution in [0.4, 0.5) is 5.69 Å². The number of aromatic nitrogens is 2. The van der Waals surface area contributed by atoms with E-state index in [1.807, 2.05) is 6.07 Å². The van der Waals surface area contributed by atoms with Crippen molar-refractivity contribution < 1.29 is 10.0 Å². The molecule has 0 unspecified atom stereocenters.